The highest BCUT2D eigenvalue weighted by atomic mass is 32.1. The van der Waals surface area contributed by atoms with Crippen LogP contribution in [0.3, 0.4) is 0 Å². The monoisotopic (exact) mass is 679 g/mol. The Hall–Kier alpha value is -6.48. The number of thiophene rings is 1. The van der Waals surface area contributed by atoms with Crippen LogP contribution in [0, 0.1) is 0 Å². The molecule has 1 heterocycles. The van der Waals surface area contributed by atoms with Gasteiger partial charge >= 0.3 is 0 Å². The minimum absolute atomic E-state index is 1.11. The lowest BCUT2D eigenvalue weighted by Gasteiger charge is -2.27. The lowest BCUT2D eigenvalue weighted by atomic mass is 9.96. The van der Waals surface area contributed by atoms with Gasteiger partial charge in [0.1, 0.15) is 0 Å². The van der Waals surface area contributed by atoms with E-state index in [1.807, 2.05) is 11.3 Å². The van der Waals surface area contributed by atoms with Crippen molar-refractivity contribution in [2.45, 2.75) is 0 Å². The Morgan fingerprint density at radius 2 is 0.731 bits per heavy atom. The van der Waals surface area contributed by atoms with Crippen LogP contribution < -0.4 is 4.90 Å². The van der Waals surface area contributed by atoms with E-state index >= 15 is 0 Å². The van der Waals surface area contributed by atoms with Gasteiger partial charge in [-0.05, 0) is 103 Å². The SMILES string of the molecule is c1cc(-c2ccc3c(c2)sc2ccccc23)cc(N(c2cccc(-c3cccc4ccccc34)c2)c2cccc(-c3cccc4ccccc34)c2)c1. The van der Waals surface area contributed by atoms with Crippen molar-refractivity contribution in [3.05, 3.63) is 200 Å². The van der Waals surface area contributed by atoms with Gasteiger partial charge < -0.3 is 4.90 Å². The largest absolute Gasteiger partial charge is 0.310 e. The van der Waals surface area contributed by atoms with Crippen molar-refractivity contribution in [3.8, 4) is 33.4 Å². The van der Waals surface area contributed by atoms with Crippen molar-refractivity contribution in [2.24, 2.45) is 0 Å². The van der Waals surface area contributed by atoms with Crippen LogP contribution in [0.5, 0.6) is 0 Å². The molecule has 10 aromatic rings. The van der Waals surface area contributed by atoms with Gasteiger partial charge in [-0.2, -0.15) is 0 Å². The standard InChI is InChI=1S/C50H33NS/c1-3-22-43-34(12-1)14-10-25-45(43)38-17-8-20-41(31-38)51(42-21-9-18-39(32-42)46-26-11-15-35-13-2-4-23-44(35)46)40-19-7-16-36(30-40)37-28-29-48-47-24-5-6-27-49(47)52-50(48)33-37/h1-33H. The van der Waals surface area contributed by atoms with Gasteiger partial charge in [0, 0.05) is 37.2 Å². The first kappa shape index (κ1) is 30.4. The third kappa shape index (κ3) is 5.33. The summed E-state index contributed by atoms with van der Waals surface area (Å²) in [4.78, 5) is 2.41. The molecule has 52 heavy (non-hydrogen) atoms. The molecule has 0 spiro atoms. The Labute approximate surface area is 307 Å². The van der Waals surface area contributed by atoms with E-state index < -0.39 is 0 Å². The lowest BCUT2D eigenvalue weighted by molar-refractivity contribution is 1.28. The summed E-state index contributed by atoms with van der Waals surface area (Å²) in [6, 6.07) is 73.0. The van der Waals surface area contributed by atoms with Gasteiger partial charge in [-0.25, -0.2) is 0 Å². The van der Waals surface area contributed by atoms with Crippen molar-refractivity contribution >= 4 is 70.1 Å². The fraction of sp³-hybridized carbons (Fsp3) is 0. The molecule has 0 atom stereocenters. The maximum atomic E-state index is 2.41. The van der Waals surface area contributed by atoms with Crippen LogP contribution in [-0.4, -0.2) is 0 Å². The second-order valence-corrected chi connectivity index (χ2v) is 14.4. The van der Waals surface area contributed by atoms with Gasteiger partial charge in [0.2, 0.25) is 0 Å². The molecular weight excluding hydrogens is 647 g/mol. The van der Waals surface area contributed by atoms with Crippen LogP contribution in [0.1, 0.15) is 0 Å². The zero-order chi connectivity index (χ0) is 34.4. The molecule has 0 N–H and O–H groups in total. The number of fused-ring (bicyclic) bond motifs is 5. The smallest absolute Gasteiger partial charge is 0.0467 e. The van der Waals surface area contributed by atoms with Crippen LogP contribution in [0.15, 0.2) is 200 Å². The van der Waals surface area contributed by atoms with E-state index in [0.717, 1.165) is 17.1 Å². The van der Waals surface area contributed by atoms with E-state index in [0.29, 0.717) is 0 Å². The molecule has 0 saturated carbocycles. The van der Waals surface area contributed by atoms with Gasteiger partial charge in [-0.15, -0.1) is 11.3 Å². The van der Waals surface area contributed by atoms with Gasteiger partial charge in [0.25, 0.3) is 0 Å². The van der Waals surface area contributed by atoms with E-state index in [9.17, 15) is 0 Å². The molecule has 0 bridgehead atoms. The highest BCUT2D eigenvalue weighted by Gasteiger charge is 2.17. The molecule has 0 unspecified atom stereocenters. The van der Waals surface area contributed by atoms with Gasteiger partial charge in [0.05, 0.1) is 0 Å². The predicted molar refractivity (Wildman–Crippen MR) is 225 cm³/mol. The van der Waals surface area contributed by atoms with Crippen LogP contribution in [0.2, 0.25) is 0 Å². The molecule has 10 rings (SSSR count). The van der Waals surface area contributed by atoms with E-state index in [4.69, 9.17) is 0 Å². The minimum atomic E-state index is 1.11. The van der Waals surface area contributed by atoms with Gasteiger partial charge in [-0.3, -0.25) is 0 Å². The Kier molecular flexibility index (Phi) is 7.41. The number of rotatable bonds is 6. The summed E-state index contributed by atoms with van der Waals surface area (Å²) in [5.74, 6) is 0. The summed E-state index contributed by atoms with van der Waals surface area (Å²) in [6.45, 7) is 0. The highest BCUT2D eigenvalue weighted by molar-refractivity contribution is 7.25. The van der Waals surface area contributed by atoms with E-state index in [1.165, 1.54) is 75.1 Å². The molecule has 1 aromatic heterocycles. The fourth-order valence-corrected chi connectivity index (χ4v) is 8.90. The molecule has 0 amide bonds. The van der Waals surface area contributed by atoms with Crippen LogP contribution in [-0.2, 0) is 0 Å². The first-order valence-corrected chi connectivity index (χ1v) is 18.6. The van der Waals surface area contributed by atoms with Crippen LogP contribution in [0.4, 0.5) is 17.1 Å². The highest BCUT2D eigenvalue weighted by Crippen LogP contribution is 2.42. The molecule has 9 aromatic carbocycles. The molecule has 1 nitrogen and oxygen atoms in total. The maximum absolute atomic E-state index is 2.41. The molecule has 0 saturated heterocycles. The topological polar surface area (TPSA) is 3.24 Å². The summed E-state index contributed by atoms with van der Waals surface area (Å²) < 4.78 is 2.64. The number of anilines is 3. The van der Waals surface area contributed by atoms with E-state index in [-0.39, 0.29) is 0 Å². The van der Waals surface area contributed by atoms with Crippen molar-refractivity contribution in [1.29, 1.82) is 0 Å². The fourth-order valence-electron chi connectivity index (χ4n) is 7.76. The normalized spacial score (nSPS) is 11.5. The first-order chi connectivity index (χ1) is 25.8. The Morgan fingerprint density at radius 1 is 0.288 bits per heavy atom. The third-order valence-electron chi connectivity index (χ3n) is 10.2. The maximum Gasteiger partial charge on any atom is 0.0467 e. The molecule has 244 valence electrons. The first-order valence-electron chi connectivity index (χ1n) is 17.8. The quantitative estimate of drug-likeness (QED) is 0.169. The molecule has 0 aliphatic heterocycles. The van der Waals surface area contributed by atoms with Crippen LogP contribution >= 0.6 is 11.3 Å². The summed E-state index contributed by atoms with van der Waals surface area (Å²) in [6.07, 6.45) is 0. The van der Waals surface area contributed by atoms with Gasteiger partial charge in [-0.1, -0.05) is 152 Å². The summed E-state index contributed by atoms with van der Waals surface area (Å²) in [5, 5.41) is 7.64. The van der Waals surface area contributed by atoms with Crippen molar-refractivity contribution in [3.63, 3.8) is 0 Å². The van der Waals surface area contributed by atoms with E-state index in [2.05, 4.69) is 205 Å². The molecule has 0 fully saturated rings. The molecule has 0 radical (unpaired) electrons. The van der Waals surface area contributed by atoms with E-state index in [1.54, 1.807) is 0 Å². The summed E-state index contributed by atoms with van der Waals surface area (Å²) in [5.41, 5.74) is 10.6. The zero-order valence-corrected chi connectivity index (χ0v) is 29.2. The summed E-state index contributed by atoms with van der Waals surface area (Å²) in [7, 11) is 0. The third-order valence-corrected chi connectivity index (χ3v) is 11.4. The van der Waals surface area contributed by atoms with Crippen molar-refractivity contribution < 1.29 is 0 Å². The number of hydrogen-bond donors (Lipinski definition) is 0. The minimum Gasteiger partial charge on any atom is -0.310 e. The average molecular weight is 680 g/mol. The van der Waals surface area contributed by atoms with Crippen LogP contribution in [0.25, 0.3) is 75.1 Å². The Bertz CT molecular complexity index is 2800. The average Bonchev–Trinajstić information content (AvgIpc) is 3.59. The molecule has 0 aliphatic rings. The predicted octanol–water partition coefficient (Wildman–Crippen LogP) is 14.8. The number of benzene rings is 9. The lowest BCUT2D eigenvalue weighted by Crippen LogP contribution is -2.10. The number of nitrogens with zero attached hydrogens (tertiary/aromatic N) is 1. The molecule has 0 aliphatic carbocycles. The van der Waals surface area contributed by atoms with Gasteiger partial charge in [0.15, 0.2) is 0 Å². The zero-order valence-electron chi connectivity index (χ0n) is 28.4. The Balaban J connectivity index is 1.14. The number of hydrogen-bond acceptors (Lipinski definition) is 2. The van der Waals surface area contributed by atoms with Crippen molar-refractivity contribution in [2.75, 3.05) is 4.90 Å². The molecule has 2 heteroatoms. The molecular formula is C50H33NS. The Morgan fingerprint density at radius 3 is 1.35 bits per heavy atom. The summed E-state index contributed by atoms with van der Waals surface area (Å²) >= 11 is 1.86. The van der Waals surface area contributed by atoms with Crippen molar-refractivity contribution in [1.82, 2.24) is 0 Å². The second-order valence-electron chi connectivity index (χ2n) is 13.3. The second kappa shape index (κ2) is 12.7.